The van der Waals surface area contributed by atoms with Crippen molar-refractivity contribution in [2.75, 3.05) is 18.1 Å². The van der Waals surface area contributed by atoms with Crippen LogP contribution in [0.2, 0.25) is 0 Å². The van der Waals surface area contributed by atoms with Gasteiger partial charge in [-0.3, -0.25) is 0 Å². The molecule has 0 amide bonds. The van der Waals surface area contributed by atoms with Crippen LogP contribution in [0.3, 0.4) is 0 Å². The van der Waals surface area contributed by atoms with Crippen LogP contribution in [-0.4, -0.2) is 34.6 Å². The number of thioether (sulfide) groups is 2. The average Bonchev–Trinajstić information content (AvgIpc) is 3.09. The summed E-state index contributed by atoms with van der Waals surface area (Å²) < 4.78 is 0. The van der Waals surface area contributed by atoms with E-state index in [1.165, 1.54) is 30.8 Å². The lowest BCUT2D eigenvalue weighted by Gasteiger charge is -2.38. The Morgan fingerprint density at radius 1 is 1.10 bits per heavy atom. The van der Waals surface area contributed by atoms with Crippen LogP contribution in [-0.2, 0) is 0 Å². The number of hydrogen-bond acceptors (Lipinski definition) is 3. The summed E-state index contributed by atoms with van der Waals surface area (Å²) in [5.74, 6) is 5.96. The third-order valence-electron chi connectivity index (χ3n) is 5.80. The predicted octanol–water partition coefficient (Wildman–Crippen LogP) is 4.42. The Bertz CT molecular complexity index is 309. The molecule has 0 radical (unpaired) electrons. The zero-order valence-electron chi connectivity index (χ0n) is 13.1. The highest BCUT2D eigenvalue weighted by atomic mass is 32.2. The van der Waals surface area contributed by atoms with Crippen LogP contribution in [0, 0.1) is 17.8 Å². The first-order valence-electron chi connectivity index (χ1n) is 8.78. The van der Waals surface area contributed by atoms with Gasteiger partial charge in [-0.05, 0) is 56.4 Å². The van der Waals surface area contributed by atoms with E-state index in [9.17, 15) is 0 Å². The molecule has 0 spiro atoms. The van der Waals surface area contributed by atoms with Crippen molar-refractivity contribution in [1.82, 2.24) is 5.32 Å². The smallest absolute Gasteiger partial charge is 0.0320 e. The van der Waals surface area contributed by atoms with E-state index in [-0.39, 0.29) is 0 Å². The summed E-state index contributed by atoms with van der Waals surface area (Å²) in [6, 6.07) is 0.770. The van der Waals surface area contributed by atoms with Gasteiger partial charge in [-0.25, -0.2) is 0 Å². The van der Waals surface area contributed by atoms with Gasteiger partial charge in [0, 0.05) is 28.0 Å². The van der Waals surface area contributed by atoms with Gasteiger partial charge in [0.25, 0.3) is 0 Å². The Morgan fingerprint density at radius 3 is 2.60 bits per heavy atom. The van der Waals surface area contributed by atoms with Gasteiger partial charge >= 0.3 is 0 Å². The van der Waals surface area contributed by atoms with E-state index in [1.807, 2.05) is 0 Å². The maximum absolute atomic E-state index is 3.87. The third kappa shape index (κ3) is 3.35. The van der Waals surface area contributed by atoms with Gasteiger partial charge in [0.1, 0.15) is 0 Å². The molecule has 1 nitrogen and oxygen atoms in total. The largest absolute Gasteiger partial charge is 0.313 e. The molecule has 0 aromatic rings. The number of rotatable bonds is 6. The van der Waals surface area contributed by atoms with Gasteiger partial charge in [-0.2, -0.15) is 23.5 Å². The van der Waals surface area contributed by atoms with Crippen LogP contribution < -0.4 is 5.32 Å². The minimum Gasteiger partial charge on any atom is -0.313 e. The summed E-state index contributed by atoms with van der Waals surface area (Å²) >= 11 is 4.50. The van der Waals surface area contributed by atoms with Gasteiger partial charge < -0.3 is 5.32 Å². The molecule has 116 valence electrons. The second-order valence-electron chi connectivity index (χ2n) is 6.99. The van der Waals surface area contributed by atoms with Crippen molar-refractivity contribution in [1.29, 1.82) is 0 Å². The molecule has 20 heavy (non-hydrogen) atoms. The maximum atomic E-state index is 3.87. The van der Waals surface area contributed by atoms with Gasteiger partial charge in [0.2, 0.25) is 0 Å². The van der Waals surface area contributed by atoms with Gasteiger partial charge in [-0.15, -0.1) is 0 Å². The molecule has 1 N–H and O–H groups in total. The van der Waals surface area contributed by atoms with Crippen molar-refractivity contribution in [2.24, 2.45) is 17.8 Å². The minimum atomic E-state index is 0.770. The summed E-state index contributed by atoms with van der Waals surface area (Å²) in [7, 11) is 0. The molecule has 6 unspecified atom stereocenters. The fraction of sp³-hybridized carbons (Fsp3) is 1.00. The molecule has 2 saturated carbocycles. The molecule has 2 aliphatic carbocycles. The highest BCUT2D eigenvalue weighted by Crippen LogP contribution is 2.50. The topological polar surface area (TPSA) is 12.0 Å². The Balaban J connectivity index is 1.62. The van der Waals surface area contributed by atoms with Crippen molar-refractivity contribution in [3.05, 3.63) is 0 Å². The molecule has 0 aromatic heterocycles. The first-order chi connectivity index (χ1) is 9.81. The zero-order valence-corrected chi connectivity index (χ0v) is 14.8. The Kier molecular flexibility index (Phi) is 5.66. The highest BCUT2D eigenvalue weighted by Gasteiger charge is 2.42. The van der Waals surface area contributed by atoms with Crippen molar-refractivity contribution in [2.45, 2.75) is 68.9 Å². The quantitative estimate of drug-likeness (QED) is 0.779. The fourth-order valence-corrected chi connectivity index (χ4v) is 8.18. The molecule has 3 aliphatic rings. The van der Waals surface area contributed by atoms with Crippen molar-refractivity contribution in [3.8, 4) is 0 Å². The van der Waals surface area contributed by atoms with Crippen molar-refractivity contribution >= 4 is 23.5 Å². The van der Waals surface area contributed by atoms with Crippen molar-refractivity contribution in [3.63, 3.8) is 0 Å². The molecule has 3 rings (SSSR count). The van der Waals surface area contributed by atoms with Crippen LogP contribution in [0.5, 0.6) is 0 Å². The standard InChI is InChI=1S/C17H31NS2/c1-3-16-17(20-8-7-19-16)15(18-4-2)11-14-10-12-5-6-13(14)9-12/h12-18H,3-11H2,1-2H3. The molecule has 3 heteroatoms. The van der Waals surface area contributed by atoms with Gasteiger partial charge in [0.15, 0.2) is 0 Å². The average molecular weight is 314 g/mol. The Morgan fingerprint density at radius 2 is 1.95 bits per heavy atom. The zero-order chi connectivity index (χ0) is 13.9. The number of nitrogens with one attached hydrogen (secondary N) is 1. The lowest BCUT2D eigenvalue weighted by Crippen LogP contribution is -2.46. The van der Waals surface area contributed by atoms with E-state index >= 15 is 0 Å². The van der Waals surface area contributed by atoms with E-state index in [2.05, 4.69) is 42.7 Å². The number of fused-ring (bicyclic) bond motifs is 2. The van der Waals surface area contributed by atoms with E-state index in [0.29, 0.717) is 0 Å². The molecule has 3 fully saturated rings. The summed E-state index contributed by atoms with van der Waals surface area (Å²) in [4.78, 5) is 0. The van der Waals surface area contributed by atoms with Crippen LogP contribution in [0.25, 0.3) is 0 Å². The molecule has 1 aliphatic heterocycles. The molecular formula is C17H31NS2. The Hall–Kier alpha value is 0.660. The monoisotopic (exact) mass is 313 g/mol. The second kappa shape index (κ2) is 7.28. The van der Waals surface area contributed by atoms with Crippen molar-refractivity contribution < 1.29 is 0 Å². The van der Waals surface area contributed by atoms with Crippen LogP contribution in [0.4, 0.5) is 0 Å². The Labute approximate surface area is 133 Å². The lowest BCUT2D eigenvalue weighted by molar-refractivity contribution is 0.274. The first kappa shape index (κ1) is 15.6. The van der Waals surface area contributed by atoms with Gasteiger partial charge in [-0.1, -0.05) is 20.3 Å². The summed E-state index contributed by atoms with van der Waals surface area (Å²) in [6.07, 6.45) is 9.00. The third-order valence-corrected chi connectivity index (χ3v) is 9.21. The van der Waals surface area contributed by atoms with E-state index in [1.54, 1.807) is 19.3 Å². The molecule has 6 atom stereocenters. The molecule has 1 saturated heterocycles. The maximum Gasteiger partial charge on any atom is 0.0320 e. The number of hydrogen-bond donors (Lipinski definition) is 1. The summed E-state index contributed by atoms with van der Waals surface area (Å²) in [5.41, 5.74) is 0. The molecular weight excluding hydrogens is 282 g/mol. The van der Waals surface area contributed by atoms with Crippen LogP contribution in [0.15, 0.2) is 0 Å². The van der Waals surface area contributed by atoms with Crippen LogP contribution in [0.1, 0.15) is 52.4 Å². The predicted molar refractivity (Wildman–Crippen MR) is 93.8 cm³/mol. The van der Waals surface area contributed by atoms with E-state index in [0.717, 1.165) is 40.8 Å². The molecule has 1 heterocycles. The van der Waals surface area contributed by atoms with Crippen LogP contribution >= 0.6 is 23.5 Å². The lowest BCUT2D eigenvalue weighted by atomic mass is 9.83. The normalized spacial score (nSPS) is 42.0. The fourth-order valence-electron chi connectivity index (χ4n) is 4.90. The molecule has 0 aromatic carbocycles. The summed E-state index contributed by atoms with van der Waals surface area (Å²) in [6.45, 7) is 5.82. The molecule has 2 bridgehead atoms. The summed E-state index contributed by atoms with van der Waals surface area (Å²) in [5, 5.41) is 5.61. The van der Waals surface area contributed by atoms with E-state index in [4.69, 9.17) is 0 Å². The van der Waals surface area contributed by atoms with Gasteiger partial charge in [0.05, 0.1) is 0 Å². The van der Waals surface area contributed by atoms with E-state index < -0.39 is 0 Å². The minimum absolute atomic E-state index is 0.770. The second-order valence-corrected chi connectivity index (χ2v) is 9.62. The highest BCUT2D eigenvalue weighted by molar-refractivity contribution is 8.07. The first-order valence-corrected chi connectivity index (χ1v) is 10.9. The SMILES string of the molecule is CCNC(CC1CC2CCC1C2)C1SCCSC1CC.